The maximum atomic E-state index is 14.1. The summed E-state index contributed by atoms with van der Waals surface area (Å²) in [6, 6.07) is 10.8. The van der Waals surface area contributed by atoms with Crippen LogP contribution in [-0.4, -0.2) is 61.7 Å². The van der Waals surface area contributed by atoms with Crippen LogP contribution in [0.1, 0.15) is 41.6 Å². The normalized spacial score (nSPS) is 32.0. The number of alkyl halides is 3. The first-order valence-corrected chi connectivity index (χ1v) is 15.1. The lowest BCUT2D eigenvalue weighted by molar-refractivity contribution is -0.138. The van der Waals surface area contributed by atoms with Gasteiger partial charge in [-0.15, -0.1) is 23.2 Å². The third kappa shape index (κ3) is 3.70. The molecule has 6 rings (SSSR count). The molecule has 2 aromatic rings. The summed E-state index contributed by atoms with van der Waals surface area (Å²) in [6.07, 6.45) is 1.81. The molecule has 1 saturated carbocycles. The Bertz CT molecular complexity index is 1610. The zero-order valence-electron chi connectivity index (χ0n) is 22.5. The summed E-state index contributed by atoms with van der Waals surface area (Å²) in [5.74, 6) is -5.74. The Morgan fingerprint density at radius 1 is 1.05 bits per heavy atom. The molecule has 2 aliphatic carbocycles. The van der Waals surface area contributed by atoms with Gasteiger partial charge in [-0.05, 0) is 56.0 Å². The van der Waals surface area contributed by atoms with Crippen LogP contribution in [0, 0.1) is 17.8 Å². The van der Waals surface area contributed by atoms with Crippen LogP contribution in [0.25, 0.3) is 0 Å². The van der Waals surface area contributed by atoms with Gasteiger partial charge in [0.15, 0.2) is 15.5 Å². The number of benzene rings is 2. The number of anilines is 1. The Kier molecular flexibility index (Phi) is 6.83. The van der Waals surface area contributed by atoms with Crippen molar-refractivity contribution in [3.05, 3.63) is 65.2 Å². The molecule has 0 aromatic heterocycles. The van der Waals surface area contributed by atoms with E-state index in [0.717, 1.165) is 9.80 Å². The van der Waals surface area contributed by atoms with E-state index in [2.05, 4.69) is 15.9 Å². The number of amides is 4. The third-order valence-corrected chi connectivity index (χ3v) is 11.0. The van der Waals surface area contributed by atoms with Crippen molar-refractivity contribution >= 4 is 74.2 Å². The van der Waals surface area contributed by atoms with Crippen molar-refractivity contribution in [2.45, 2.75) is 35.4 Å². The van der Waals surface area contributed by atoms with Crippen molar-refractivity contribution in [1.29, 1.82) is 0 Å². The highest BCUT2D eigenvalue weighted by molar-refractivity contribution is 9.09. The quantitative estimate of drug-likeness (QED) is 0.163. The second kappa shape index (κ2) is 9.92. The average molecular weight is 676 g/mol. The number of hydrogen-bond donors (Lipinski definition) is 1. The lowest BCUT2D eigenvalue weighted by Gasteiger charge is -2.50. The summed E-state index contributed by atoms with van der Waals surface area (Å²) in [5.41, 5.74) is 1.44. The van der Waals surface area contributed by atoms with Crippen LogP contribution in [0.15, 0.2) is 54.1 Å². The SMILES string of the molecule is COc1ccc(C2C3=CCC4C(=O)N(c5ccc(C(C)=O)cc5)C(=O)C4C3CC3(Cl)C(=O)N(CBr)C(=O)C23Cl)c(O)c1. The highest BCUT2D eigenvalue weighted by Crippen LogP contribution is 2.66. The van der Waals surface area contributed by atoms with Gasteiger partial charge in [0.2, 0.25) is 11.8 Å². The van der Waals surface area contributed by atoms with Gasteiger partial charge in [0.05, 0.1) is 30.1 Å². The summed E-state index contributed by atoms with van der Waals surface area (Å²) >= 11 is 17.6. The van der Waals surface area contributed by atoms with Crippen molar-refractivity contribution in [2.75, 3.05) is 17.5 Å². The number of phenolic OH excluding ortho intramolecular Hbond substituents is 1. The fourth-order valence-corrected chi connectivity index (χ4v) is 8.51. The number of likely N-dealkylation sites (tertiary alicyclic amines) is 1. The second-order valence-corrected chi connectivity index (χ2v) is 12.8. The second-order valence-electron chi connectivity index (χ2n) is 11.0. The minimum Gasteiger partial charge on any atom is -0.508 e. The van der Waals surface area contributed by atoms with Gasteiger partial charge in [0.1, 0.15) is 11.5 Å². The minimum absolute atomic E-state index is 0.147. The van der Waals surface area contributed by atoms with Gasteiger partial charge in [-0.2, -0.15) is 0 Å². The van der Waals surface area contributed by atoms with E-state index in [-0.39, 0.29) is 35.4 Å². The van der Waals surface area contributed by atoms with Crippen LogP contribution in [-0.2, 0) is 19.2 Å². The molecule has 42 heavy (non-hydrogen) atoms. The van der Waals surface area contributed by atoms with Crippen LogP contribution >= 0.6 is 39.1 Å². The summed E-state index contributed by atoms with van der Waals surface area (Å²) < 4.78 is 5.23. The highest BCUT2D eigenvalue weighted by atomic mass is 79.9. The number of imide groups is 2. The van der Waals surface area contributed by atoms with Gasteiger partial charge in [-0.25, -0.2) is 0 Å². The van der Waals surface area contributed by atoms with Crippen molar-refractivity contribution in [2.24, 2.45) is 17.8 Å². The number of nitrogens with zero attached hydrogens (tertiary/aromatic N) is 2. The number of aromatic hydroxyl groups is 1. The molecule has 0 radical (unpaired) electrons. The maximum Gasteiger partial charge on any atom is 0.254 e. The van der Waals surface area contributed by atoms with Crippen molar-refractivity contribution < 1.29 is 33.8 Å². The first kappa shape index (κ1) is 28.9. The van der Waals surface area contributed by atoms with Crippen LogP contribution < -0.4 is 9.64 Å². The molecule has 218 valence electrons. The molecular formula is C30H25BrCl2N2O7. The first-order valence-electron chi connectivity index (χ1n) is 13.3. The van der Waals surface area contributed by atoms with Gasteiger partial charge < -0.3 is 9.84 Å². The van der Waals surface area contributed by atoms with Crippen LogP contribution in [0.5, 0.6) is 11.5 Å². The summed E-state index contributed by atoms with van der Waals surface area (Å²) in [7, 11) is 1.44. The van der Waals surface area contributed by atoms with Crippen molar-refractivity contribution in [3.63, 3.8) is 0 Å². The van der Waals surface area contributed by atoms with E-state index >= 15 is 0 Å². The van der Waals surface area contributed by atoms with E-state index in [1.54, 1.807) is 42.5 Å². The molecule has 9 nitrogen and oxygen atoms in total. The standard InChI is InChI=1S/C30H25BrCl2N2O7/c1-14(36)15-3-5-16(6-4-15)35-25(38)20-10-9-18-21(23(20)26(35)39)12-29(32)27(40)34(13-31)28(41)30(29,33)24(18)19-8-7-17(42-2)11-22(19)37/h3-9,11,20-21,23-24,37H,10,12-13H2,1-2H3. The van der Waals surface area contributed by atoms with Crippen LogP contribution in [0.3, 0.4) is 0 Å². The number of methoxy groups -OCH3 is 1. The van der Waals surface area contributed by atoms with E-state index in [9.17, 15) is 29.1 Å². The molecule has 4 amide bonds. The van der Waals surface area contributed by atoms with Gasteiger partial charge >= 0.3 is 0 Å². The Balaban J connectivity index is 1.49. The molecule has 2 heterocycles. The predicted molar refractivity (Wildman–Crippen MR) is 157 cm³/mol. The number of phenols is 1. The number of hydrogen-bond acceptors (Lipinski definition) is 7. The number of fused-ring (bicyclic) bond motifs is 4. The lowest BCUT2D eigenvalue weighted by atomic mass is 9.56. The fraction of sp³-hybridized carbons (Fsp3) is 0.367. The Morgan fingerprint density at radius 3 is 2.33 bits per heavy atom. The molecule has 6 unspecified atom stereocenters. The highest BCUT2D eigenvalue weighted by Gasteiger charge is 2.76. The lowest BCUT2D eigenvalue weighted by Crippen LogP contribution is -2.60. The molecule has 4 aliphatic rings. The van der Waals surface area contributed by atoms with E-state index in [0.29, 0.717) is 22.6 Å². The molecule has 6 atom stereocenters. The Morgan fingerprint density at radius 2 is 1.74 bits per heavy atom. The number of carbonyl (C=O) groups is 5. The monoisotopic (exact) mass is 674 g/mol. The van der Waals surface area contributed by atoms with Crippen LogP contribution in [0.2, 0.25) is 0 Å². The molecule has 2 saturated heterocycles. The number of ketones is 1. The Hall–Kier alpha value is -3.21. The summed E-state index contributed by atoms with van der Waals surface area (Å²) in [5, 5.41) is 11.1. The van der Waals surface area contributed by atoms with E-state index < -0.39 is 57.0 Å². The van der Waals surface area contributed by atoms with Crippen molar-refractivity contribution in [3.8, 4) is 11.5 Å². The van der Waals surface area contributed by atoms with Gasteiger partial charge in [0.25, 0.3) is 11.8 Å². The number of halogens is 3. The maximum absolute atomic E-state index is 14.1. The molecule has 12 heteroatoms. The fourth-order valence-electron chi connectivity index (χ4n) is 7.09. The van der Waals surface area contributed by atoms with Gasteiger partial charge in [-0.3, -0.25) is 33.8 Å². The summed E-state index contributed by atoms with van der Waals surface area (Å²) in [4.78, 5) is 65.1. The molecule has 0 spiro atoms. The molecular weight excluding hydrogens is 651 g/mol. The first-order chi connectivity index (χ1) is 19.9. The molecule has 2 aromatic carbocycles. The molecule has 0 bridgehead atoms. The third-order valence-electron chi connectivity index (χ3n) is 9.10. The van der Waals surface area contributed by atoms with Gasteiger partial charge in [-0.1, -0.05) is 33.6 Å². The average Bonchev–Trinajstić information content (AvgIpc) is 3.31. The van der Waals surface area contributed by atoms with E-state index in [1.165, 1.54) is 20.1 Å². The minimum atomic E-state index is -2.02. The number of allylic oxidation sites excluding steroid dienone is 2. The topological polar surface area (TPSA) is 121 Å². The number of Topliss-reactive ketones (excluding diaryl/α,β-unsaturated/α-hetero) is 1. The van der Waals surface area contributed by atoms with Crippen LogP contribution in [0.4, 0.5) is 5.69 Å². The van der Waals surface area contributed by atoms with Crippen molar-refractivity contribution in [1.82, 2.24) is 4.90 Å². The number of carbonyl (C=O) groups excluding carboxylic acids is 5. The molecule has 1 N–H and O–H groups in total. The Labute approximate surface area is 259 Å². The number of rotatable bonds is 5. The smallest absolute Gasteiger partial charge is 0.254 e. The van der Waals surface area contributed by atoms with E-state index in [4.69, 9.17) is 27.9 Å². The predicted octanol–water partition coefficient (Wildman–Crippen LogP) is 4.52. The number of ether oxygens (including phenoxy) is 1. The van der Waals surface area contributed by atoms with E-state index in [1.807, 2.05) is 0 Å². The summed E-state index contributed by atoms with van der Waals surface area (Å²) in [6.45, 7) is 1.42. The largest absolute Gasteiger partial charge is 0.508 e. The molecule has 3 fully saturated rings. The van der Waals surface area contributed by atoms with Gasteiger partial charge in [0, 0.05) is 23.1 Å². The zero-order chi connectivity index (χ0) is 30.3. The zero-order valence-corrected chi connectivity index (χ0v) is 25.6. The molecule has 2 aliphatic heterocycles.